The molecule has 0 bridgehead atoms. The lowest BCUT2D eigenvalue weighted by Gasteiger charge is -2.30. The normalized spacial score (nSPS) is 20.0. The Hall–Kier alpha value is -0.590. The molecule has 0 radical (unpaired) electrons. The summed E-state index contributed by atoms with van der Waals surface area (Å²) >= 11 is 0. The van der Waals surface area contributed by atoms with E-state index < -0.39 is 0 Å². The maximum Gasteiger partial charge on any atom is 0.106 e. The van der Waals surface area contributed by atoms with Gasteiger partial charge in [0.2, 0.25) is 0 Å². The van der Waals surface area contributed by atoms with Crippen molar-refractivity contribution in [1.82, 2.24) is 10.2 Å². The molecular weight excluding hydrogens is 258 g/mol. The monoisotopic (exact) mass is 293 g/mol. The highest BCUT2D eigenvalue weighted by molar-refractivity contribution is 5.06. The van der Waals surface area contributed by atoms with Crippen molar-refractivity contribution in [3.8, 4) is 6.07 Å². The minimum atomic E-state index is -0.305. The van der Waals surface area contributed by atoms with Gasteiger partial charge in [0, 0.05) is 6.04 Å². The molecule has 1 saturated carbocycles. The first-order chi connectivity index (χ1) is 10.2. The van der Waals surface area contributed by atoms with Crippen LogP contribution in [0.5, 0.6) is 0 Å². The van der Waals surface area contributed by atoms with E-state index in [-0.39, 0.29) is 5.54 Å². The van der Waals surface area contributed by atoms with Crippen molar-refractivity contribution in [3.63, 3.8) is 0 Å². The highest BCUT2D eigenvalue weighted by atomic mass is 15.1. The van der Waals surface area contributed by atoms with E-state index in [4.69, 9.17) is 0 Å². The number of rotatable bonds is 9. The molecule has 0 heterocycles. The third kappa shape index (κ3) is 6.36. The average Bonchev–Trinajstić information content (AvgIpc) is 2.80. The zero-order valence-corrected chi connectivity index (χ0v) is 14.5. The molecule has 1 N–H and O–H groups in total. The van der Waals surface area contributed by atoms with Crippen LogP contribution >= 0.6 is 0 Å². The second-order valence-electron chi connectivity index (χ2n) is 6.70. The van der Waals surface area contributed by atoms with Crippen molar-refractivity contribution in [2.75, 3.05) is 20.1 Å². The van der Waals surface area contributed by atoms with E-state index in [0.717, 1.165) is 44.8 Å². The van der Waals surface area contributed by atoms with Crippen LogP contribution in [0.2, 0.25) is 0 Å². The smallest absolute Gasteiger partial charge is 0.106 e. The van der Waals surface area contributed by atoms with Crippen molar-refractivity contribution < 1.29 is 0 Å². The summed E-state index contributed by atoms with van der Waals surface area (Å²) in [6, 6.07) is 3.31. The van der Waals surface area contributed by atoms with Crippen molar-refractivity contribution >= 4 is 0 Å². The van der Waals surface area contributed by atoms with Crippen LogP contribution in [0.1, 0.15) is 78.1 Å². The Kier molecular flexibility index (Phi) is 8.96. The van der Waals surface area contributed by atoms with Crippen LogP contribution < -0.4 is 5.32 Å². The van der Waals surface area contributed by atoms with E-state index in [0.29, 0.717) is 0 Å². The van der Waals surface area contributed by atoms with Gasteiger partial charge in [0.15, 0.2) is 0 Å². The summed E-state index contributed by atoms with van der Waals surface area (Å²) in [5.74, 6) is 0. The lowest BCUT2D eigenvalue weighted by atomic mass is 9.91. The average molecular weight is 293 g/mol. The van der Waals surface area contributed by atoms with Crippen LogP contribution in [0.15, 0.2) is 0 Å². The van der Waals surface area contributed by atoms with Gasteiger partial charge in [-0.25, -0.2) is 0 Å². The van der Waals surface area contributed by atoms with E-state index in [1.807, 2.05) is 0 Å². The third-order valence-electron chi connectivity index (χ3n) is 5.09. The number of hydrogen-bond donors (Lipinski definition) is 1. The number of nitrogens with one attached hydrogen (secondary N) is 1. The molecule has 21 heavy (non-hydrogen) atoms. The maximum atomic E-state index is 9.53. The second-order valence-corrected chi connectivity index (χ2v) is 6.70. The molecule has 0 saturated heterocycles. The van der Waals surface area contributed by atoms with Gasteiger partial charge in [-0.05, 0) is 58.7 Å². The first-order valence-electron chi connectivity index (χ1n) is 9.04. The zero-order chi connectivity index (χ0) is 15.6. The molecule has 1 unspecified atom stereocenters. The first-order valence-corrected chi connectivity index (χ1v) is 9.04. The summed E-state index contributed by atoms with van der Waals surface area (Å²) in [6.45, 7) is 6.35. The van der Waals surface area contributed by atoms with Gasteiger partial charge in [-0.15, -0.1) is 0 Å². The molecule has 1 aliphatic rings. The Balaban J connectivity index is 2.36. The molecule has 0 aromatic carbocycles. The van der Waals surface area contributed by atoms with Gasteiger partial charge in [0.1, 0.15) is 5.54 Å². The number of nitriles is 1. The molecule has 0 aliphatic heterocycles. The molecule has 1 fully saturated rings. The lowest BCUT2D eigenvalue weighted by molar-refractivity contribution is 0.209. The predicted molar refractivity (Wildman–Crippen MR) is 90.3 cm³/mol. The molecule has 3 heteroatoms. The van der Waals surface area contributed by atoms with Gasteiger partial charge in [-0.3, -0.25) is 5.32 Å². The van der Waals surface area contributed by atoms with Crippen molar-refractivity contribution in [3.05, 3.63) is 0 Å². The van der Waals surface area contributed by atoms with Gasteiger partial charge in [0.25, 0.3) is 0 Å². The Morgan fingerprint density at radius 2 is 1.86 bits per heavy atom. The Labute approximate surface area is 132 Å². The minimum Gasteiger partial charge on any atom is -0.303 e. The molecule has 1 rings (SSSR count). The quantitative estimate of drug-likeness (QED) is 0.651. The zero-order valence-electron chi connectivity index (χ0n) is 14.5. The summed E-state index contributed by atoms with van der Waals surface area (Å²) in [6.07, 6.45) is 12.4. The van der Waals surface area contributed by atoms with Crippen molar-refractivity contribution in [2.45, 2.75) is 89.6 Å². The Morgan fingerprint density at radius 3 is 2.38 bits per heavy atom. The Morgan fingerprint density at radius 1 is 1.19 bits per heavy atom. The molecule has 0 aromatic rings. The summed E-state index contributed by atoms with van der Waals surface area (Å²) < 4.78 is 0. The van der Waals surface area contributed by atoms with E-state index in [1.54, 1.807) is 0 Å². The van der Waals surface area contributed by atoms with Crippen molar-refractivity contribution in [1.29, 1.82) is 5.26 Å². The third-order valence-corrected chi connectivity index (χ3v) is 5.09. The lowest BCUT2D eigenvalue weighted by Crippen LogP contribution is -2.44. The van der Waals surface area contributed by atoms with Crippen LogP contribution in [0.25, 0.3) is 0 Å². The van der Waals surface area contributed by atoms with Gasteiger partial charge in [-0.1, -0.05) is 39.5 Å². The van der Waals surface area contributed by atoms with Crippen molar-refractivity contribution in [2.24, 2.45) is 0 Å². The van der Waals surface area contributed by atoms with E-state index in [9.17, 15) is 5.26 Å². The van der Waals surface area contributed by atoms with Crippen LogP contribution in [0, 0.1) is 11.3 Å². The standard InChI is InChI=1S/C18H35N3/c1-4-14-20-18(5-2,16-19)13-10-15-21(3)17-11-8-6-7-9-12-17/h17,20H,4-15H2,1-3H3. The fraction of sp³-hybridized carbons (Fsp3) is 0.944. The fourth-order valence-electron chi connectivity index (χ4n) is 3.44. The molecule has 0 spiro atoms. The van der Waals surface area contributed by atoms with E-state index in [2.05, 4.69) is 37.2 Å². The number of nitrogens with zero attached hydrogens (tertiary/aromatic N) is 2. The minimum absolute atomic E-state index is 0.305. The molecule has 1 aliphatic carbocycles. The second kappa shape index (κ2) is 10.2. The topological polar surface area (TPSA) is 39.1 Å². The highest BCUT2D eigenvalue weighted by Gasteiger charge is 2.26. The van der Waals surface area contributed by atoms with Gasteiger partial charge >= 0.3 is 0 Å². The summed E-state index contributed by atoms with van der Waals surface area (Å²) in [5, 5.41) is 13.0. The number of hydrogen-bond acceptors (Lipinski definition) is 3. The van der Waals surface area contributed by atoms with Gasteiger partial charge < -0.3 is 4.90 Å². The molecule has 3 nitrogen and oxygen atoms in total. The summed E-state index contributed by atoms with van der Waals surface area (Å²) in [7, 11) is 2.27. The molecule has 0 amide bonds. The first kappa shape index (κ1) is 18.5. The fourth-order valence-corrected chi connectivity index (χ4v) is 3.44. The predicted octanol–water partition coefficient (Wildman–Crippen LogP) is 4.09. The summed E-state index contributed by atoms with van der Waals surface area (Å²) in [5.41, 5.74) is -0.305. The van der Waals surface area contributed by atoms with Gasteiger partial charge in [0.05, 0.1) is 6.07 Å². The SMILES string of the molecule is CCCNC(C#N)(CC)CCCN(C)C1CCCCCC1. The van der Waals surface area contributed by atoms with Crippen LogP contribution in [0.3, 0.4) is 0 Å². The molecule has 122 valence electrons. The maximum absolute atomic E-state index is 9.53. The van der Waals surface area contributed by atoms with Crippen LogP contribution in [-0.4, -0.2) is 36.6 Å². The van der Waals surface area contributed by atoms with Crippen LogP contribution in [0.4, 0.5) is 0 Å². The molecule has 1 atom stereocenters. The van der Waals surface area contributed by atoms with Crippen LogP contribution in [-0.2, 0) is 0 Å². The molecular formula is C18H35N3. The summed E-state index contributed by atoms with van der Waals surface area (Å²) in [4.78, 5) is 2.54. The highest BCUT2D eigenvalue weighted by Crippen LogP contribution is 2.22. The largest absolute Gasteiger partial charge is 0.303 e. The Bertz CT molecular complexity index is 302. The van der Waals surface area contributed by atoms with Gasteiger partial charge in [-0.2, -0.15) is 5.26 Å². The van der Waals surface area contributed by atoms with E-state index in [1.165, 1.54) is 38.5 Å². The van der Waals surface area contributed by atoms with E-state index >= 15 is 0 Å². The molecule has 0 aromatic heterocycles.